The molecule has 1 aromatic heterocycles. The Hall–Kier alpha value is -3.43. The van der Waals surface area contributed by atoms with Crippen molar-refractivity contribution in [3.05, 3.63) is 66.5 Å². The van der Waals surface area contributed by atoms with Crippen LogP contribution >= 0.6 is 0 Å². The van der Waals surface area contributed by atoms with Gasteiger partial charge in [-0.15, -0.1) is 0 Å². The molecule has 1 fully saturated rings. The molecule has 2 heterocycles. The summed E-state index contributed by atoms with van der Waals surface area (Å²) in [6, 6.07) is 14.2. The molecular formula is C24H26BN3O5. The Morgan fingerprint density at radius 2 is 1.67 bits per heavy atom. The van der Waals surface area contributed by atoms with Crippen molar-refractivity contribution in [1.29, 1.82) is 0 Å². The van der Waals surface area contributed by atoms with Crippen LogP contribution in [0.5, 0.6) is 11.5 Å². The zero-order valence-electron chi connectivity index (χ0n) is 19.3. The van der Waals surface area contributed by atoms with Crippen LogP contribution in [0.3, 0.4) is 0 Å². The molecule has 3 aromatic rings. The summed E-state index contributed by atoms with van der Waals surface area (Å²) < 4.78 is 23.4. The molecule has 0 aliphatic carbocycles. The third-order valence-electron chi connectivity index (χ3n) is 5.82. The van der Waals surface area contributed by atoms with Crippen molar-refractivity contribution < 1.29 is 23.6 Å². The Morgan fingerprint density at radius 1 is 0.970 bits per heavy atom. The van der Waals surface area contributed by atoms with Crippen LogP contribution < -0.4 is 15.5 Å². The van der Waals surface area contributed by atoms with Gasteiger partial charge in [0.25, 0.3) is 0 Å². The SMILES string of the molecule is COC(=O)c1ccc(B2OC(C)(C)C(C)(C)O2)cc1Oc1cccc(Nc2ncccn2)c1. The van der Waals surface area contributed by atoms with E-state index in [1.54, 1.807) is 48.8 Å². The molecule has 2 aromatic carbocycles. The first-order valence-corrected chi connectivity index (χ1v) is 10.6. The molecule has 1 N–H and O–H groups in total. The molecule has 0 spiro atoms. The predicted molar refractivity (Wildman–Crippen MR) is 125 cm³/mol. The van der Waals surface area contributed by atoms with E-state index in [4.69, 9.17) is 18.8 Å². The maximum atomic E-state index is 12.4. The second kappa shape index (κ2) is 8.84. The van der Waals surface area contributed by atoms with E-state index in [1.807, 2.05) is 39.8 Å². The smallest absolute Gasteiger partial charge is 0.465 e. The van der Waals surface area contributed by atoms with E-state index in [2.05, 4.69) is 15.3 Å². The predicted octanol–water partition coefficient (Wildman–Crippen LogP) is 4.10. The average Bonchev–Trinajstić information content (AvgIpc) is 3.01. The molecule has 0 atom stereocenters. The summed E-state index contributed by atoms with van der Waals surface area (Å²) in [5.74, 6) is 0.819. The summed E-state index contributed by atoms with van der Waals surface area (Å²) in [4.78, 5) is 20.7. The number of ether oxygens (including phenoxy) is 2. The van der Waals surface area contributed by atoms with Gasteiger partial charge in [0, 0.05) is 24.1 Å². The van der Waals surface area contributed by atoms with Gasteiger partial charge in [-0.3, -0.25) is 0 Å². The number of benzene rings is 2. The lowest BCUT2D eigenvalue weighted by Gasteiger charge is -2.32. The topological polar surface area (TPSA) is 91.8 Å². The van der Waals surface area contributed by atoms with E-state index >= 15 is 0 Å². The second-order valence-electron chi connectivity index (χ2n) is 8.66. The van der Waals surface area contributed by atoms with Gasteiger partial charge in [0.2, 0.25) is 5.95 Å². The maximum absolute atomic E-state index is 12.4. The fourth-order valence-electron chi connectivity index (χ4n) is 3.28. The number of nitrogens with one attached hydrogen (secondary N) is 1. The number of esters is 1. The van der Waals surface area contributed by atoms with E-state index in [9.17, 15) is 4.79 Å². The molecule has 1 saturated heterocycles. The van der Waals surface area contributed by atoms with Crippen LogP contribution in [0.4, 0.5) is 11.6 Å². The quantitative estimate of drug-likeness (QED) is 0.446. The normalized spacial score (nSPS) is 16.3. The van der Waals surface area contributed by atoms with E-state index in [1.165, 1.54) is 7.11 Å². The number of methoxy groups -OCH3 is 1. The molecule has 0 unspecified atom stereocenters. The summed E-state index contributed by atoms with van der Waals surface area (Å²) >= 11 is 0. The van der Waals surface area contributed by atoms with Crippen LogP contribution in [0.2, 0.25) is 0 Å². The average molecular weight is 447 g/mol. The molecule has 0 saturated carbocycles. The highest BCUT2D eigenvalue weighted by Crippen LogP contribution is 2.37. The van der Waals surface area contributed by atoms with Gasteiger partial charge < -0.3 is 24.1 Å². The molecular weight excluding hydrogens is 421 g/mol. The van der Waals surface area contributed by atoms with Gasteiger partial charge in [0.1, 0.15) is 17.1 Å². The molecule has 1 aliphatic heterocycles. The lowest BCUT2D eigenvalue weighted by atomic mass is 9.78. The molecule has 33 heavy (non-hydrogen) atoms. The first-order chi connectivity index (χ1) is 15.7. The summed E-state index contributed by atoms with van der Waals surface area (Å²) in [6.45, 7) is 7.95. The van der Waals surface area contributed by atoms with Crippen molar-refractivity contribution in [2.24, 2.45) is 0 Å². The zero-order valence-corrected chi connectivity index (χ0v) is 19.3. The Bertz CT molecular complexity index is 1140. The molecule has 0 radical (unpaired) electrons. The number of carbonyl (C=O) groups excluding carboxylic acids is 1. The van der Waals surface area contributed by atoms with Gasteiger partial charge in [-0.25, -0.2) is 14.8 Å². The molecule has 0 bridgehead atoms. The third-order valence-corrected chi connectivity index (χ3v) is 5.82. The number of anilines is 2. The number of rotatable bonds is 6. The van der Waals surface area contributed by atoms with Crippen LogP contribution in [-0.4, -0.2) is 41.4 Å². The highest BCUT2D eigenvalue weighted by molar-refractivity contribution is 6.62. The minimum Gasteiger partial charge on any atom is -0.465 e. The van der Waals surface area contributed by atoms with Crippen LogP contribution in [0.1, 0.15) is 38.1 Å². The molecule has 0 amide bonds. The Kier molecular flexibility index (Phi) is 6.10. The van der Waals surface area contributed by atoms with Crippen molar-refractivity contribution in [2.45, 2.75) is 38.9 Å². The minimum absolute atomic E-state index is 0.294. The number of carbonyl (C=O) groups is 1. The van der Waals surface area contributed by atoms with Gasteiger partial charge in [0.05, 0.1) is 18.3 Å². The standard InChI is InChI=1S/C24H26BN3O5/c1-23(2)24(3,4)33-25(32-23)16-10-11-19(21(29)30-5)20(14-16)31-18-9-6-8-17(15-18)28-22-26-12-7-13-27-22/h6-15H,1-5H3,(H,26,27,28). The van der Waals surface area contributed by atoms with E-state index in [-0.39, 0.29) is 0 Å². The number of hydrogen-bond acceptors (Lipinski definition) is 8. The highest BCUT2D eigenvalue weighted by atomic mass is 16.7. The van der Waals surface area contributed by atoms with Crippen molar-refractivity contribution in [3.8, 4) is 11.5 Å². The van der Waals surface area contributed by atoms with Gasteiger partial charge in [-0.2, -0.15) is 0 Å². The summed E-state index contributed by atoms with van der Waals surface area (Å²) in [5.41, 5.74) is 0.796. The van der Waals surface area contributed by atoms with E-state index in [0.29, 0.717) is 23.0 Å². The van der Waals surface area contributed by atoms with E-state index in [0.717, 1.165) is 11.2 Å². The first kappa shape index (κ1) is 22.8. The molecule has 9 heteroatoms. The van der Waals surface area contributed by atoms with Gasteiger partial charge in [-0.05, 0) is 63.5 Å². The summed E-state index contributed by atoms with van der Waals surface area (Å²) in [6.07, 6.45) is 3.30. The Morgan fingerprint density at radius 3 is 2.33 bits per heavy atom. The Labute approximate surface area is 193 Å². The van der Waals surface area contributed by atoms with E-state index < -0.39 is 24.3 Å². The second-order valence-corrected chi connectivity index (χ2v) is 8.66. The van der Waals surface area contributed by atoms with Crippen molar-refractivity contribution >= 4 is 30.2 Å². The van der Waals surface area contributed by atoms with Crippen LogP contribution in [-0.2, 0) is 14.0 Å². The highest BCUT2D eigenvalue weighted by Gasteiger charge is 2.51. The largest absolute Gasteiger partial charge is 0.494 e. The minimum atomic E-state index is -0.590. The fourth-order valence-corrected chi connectivity index (χ4v) is 3.28. The van der Waals surface area contributed by atoms with Gasteiger partial charge in [0.15, 0.2) is 0 Å². The van der Waals surface area contributed by atoms with Crippen molar-refractivity contribution in [3.63, 3.8) is 0 Å². The lowest BCUT2D eigenvalue weighted by molar-refractivity contribution is 0.00578. The summed E-state index contributed by atoms with van der Waals surface area (Å²) in [5, 5.41) is 3.12. The monoisotopic (exact) mass is 447 g/mol. The Balaban J connectivity index is 1.63. The molecule has 4 rings (SSSR count). The first-order valence-electron chi connectivity index (χ1n) is 10.6. The van der Waals surface area contributed by atoms with Crippen molar-refractivity contribution in [2.75, 3.05) is 12.4 Å². The summed E-state index contributed by atoms with van der Waals surface area (Å²) in [7, 11) is 0.742. The fraction of sp³-hybridized carbons (Fsp3) is 0.292. The molecule has 170 valence electrons. The van der Waals surface area contributed by atoms with Crippen LogP contribution in [0, 0.1) is 0 Å². The maximum Gasteiger partial charge on any atom is 0.494 e. The number of hydrogen-bond donors (Lipinski definition) is 1. The number of nitrogens with zero attached hydrogens (tertiary/aromatic N) is 2. The number of aromatic nitrogens is 2. The van der Waals surface area contributed by atoms with Gasteiger partial charge >= 0.3 is 13.1 Å². The zero-order chi connectivity index (χ0) is 23.6. The van der Waals surface area contributed by atoms with Gasteiger partial charge in [-0.1, -0.05) is 12.1 Å². The third kappa shape index (κ3) is 4.84. The van der Waals surface area contributed by atoms with Crippen LogP contribution in [0.15, 0.2) is 60.9 Å². The van der Waals surface area contributed by atoms with Crippen LogP contribution in [0.25, 0.3) is 0 Å². The molecule has 8 nitrogen and oxygen atoms in total. The van der Waals surface area contributed by atoms with Crippen molar-refractivity contribution in [1.82, 2.24) is 9.97 Å². The lowest BCUT2D eigenvalue weighted by Crippen LogP contribution is -2.41. The molecule has 1 aliphatic rings.